The Morgan fingerprint density at radius 2 is 1.91 bits per heavy atom. The van der Waals surface area contributed by atoms with E-state index in [-0.39, 0.29) is 5.54 Å². The lowest BCUT2D eigenvalue weighted by Gasteiger charge is -2.35. The van der Waals surface area contributed by atoms with Crippen LogP contribution < -0.4 is 4.74 Å². The molecule has 2 fully saturated rings. The van der Waals surface area contributed by atoms with Gasteiger partial charge in [0, 0.05) is 32.1 Å². The van der Waals surface area contributed by atoms with Crippen molar-refractivity contribution in [1.82, 2.24) is 9.80 Å². The van der Waals surface area contributed by atoms with Crippen molar-refractivity contribution in [1.29, 1.82) is 0 Å². The van der Waals surface area contributed by atoms with Crippen LogP contribution in [0.4, 0.5) is 0 Å². The number of nitrogens with zero attached hydrogens (tertiary/aromatic N) is 2. The Labute approximate surface area is 133 Å². The lowest BCUT2D eigenvalue weighted by Crippen LogP contribution is -2.43. The van der Waals surface area contributed by atoms with E-state index in [0.717, 1.165) is 51.1 Å². The van der Waals surface area contributed by atoms with Crippen LogP contribution in [0.2, 0.25) is 0 Å². The fourth-order valence-electron chi connectivity index (χ4n) is 3.91. The first-order valence-electron chi connectivity index (χ1n) is 8.25. The van der Waals surface area contributed by atoms with Crippen molar-refractivity contribution in [3.63, 3.8) is 0 Å². The molecule has 1 atom stereocenters. The van der Waals surface area contributed by atoms with Crippen LogP contribution >= 0.6 is 0 Å². The maximum atomic E-state index is 11.9. The monoisotopic (exact) mass is 302 g/mol. The number of rotatable bonds is 3. The van der Waals surface area contributed by atoms with E-state index in [1.54, 1.807) is 7.11 Å². The van der Waals surface area contributed by atoms with Gasteiger partial charge in [-0.2, -0.15) is 0 Å². The number of hydrogen-bond acceptors (Lipinski definition) is 3. The SMILES string of the molecule is COc1ccc(CN2CCCC3(CCC(=O)N3C)CC2)cc1. The summed E-state index contributed by atoms with van der Waals surface area (Å²) in [7, 11) is 3.69. The van der Waals surface area contributed by atoms with E-state index in [0.29, 0.717) is 5.91 Å². The standard InChI is InChI=1S/C18H26N2O2/c1-19-17(21)8-10-18(19)9-3-12-20(13-11-18)14-15-4-6-16(22-2)7-5-15/h4-7H,3,8-14H2,1-2H3. The summed E-state index contributed by atoms with van der Waals surface area (Å²) >= 11 is 0. The van der Waals surface area contributed by atoms with Crippen molar-refractivity contribution < 1.29 is 9.53 Å². The number of ether oxygens (including phenoxy) is 1. The van der Waals surface area contributed by atoms with Gasteiger partial charge in [0.05, 0.1) is 7.11 Å². The van der Waals surface area contributed by atoms with Crippen LogP contribution in [0.5, 0.6) is 5.75 Å². The average molecular weight is 302 g/mol. The van der Waals surface area contributed by atoms with Crippen LogP contribution in [0.3, 0.4) is 0 Å². The Balaban J connectivity index is 1.61. The third-order valence-corrected chi connectivity index (χ3v) is 5.46. The Morgan fingerprint density at radius 3 is 2.55 bits per heavy atom. The summed E-state index contributed by atoms with van der Waals surface area (Å²) in [6.07, 6.45) is 5.20. The van der Waals surface area contributed by atoms with Gasteiger partial charge in [0.1, 0.15) is 5.75 Å². The highest BCUT2D eigenvalue weighted by Gasteiger charge is 2.43. The Morgan fingerprint density at radius 1 is 1.14 bits per heavy atom. The predicted molar refractivity (Wildman–Crippen MR) is 86.9 cm³/mol. The summed E-state index contributed by atoms with van der Waals surface area (Å²) in [6.45, 7) is 3.18. The van der Waals surface area contributed by atoms with Gasteiger partial charge >= 0.3 is 0 Å². The molecular weight excluding hydrogens is 276 g/mol. The molecule has 4 heteroatoms. The van der Waals surface area contributed by atoms with E-state index in [2.05, 4.69) is 17.0 Å². The molecule has 3 rings (SSSR count). The zero-order chi connectivity index (χ0) is 15.6. The molecule has 2 saturated heterocycles. The summed E-state index contributed by atoms with van der Waals surface area (Å²) < 4.78 is 5.21. The third-order valence-electron chi connectivity index (χ3n) is 5.46. The summed E-state index contributed by atoms with van der Waals surface area (Å²) in [5, 5.41) is 0. The third kappa shape index (κ3) is 2.98. The molecule has 1 unspecified atom stereocenters. The van der Waals surface area contributed by atoms with Crippen molar-refractivity contribution >= 4 is 5.91 Å². The fourth-order valence-corrected chi connectivity index (χ4v) is 3.91. The number of carbonyl (C=O) groups excluding carboxylic acids is 1. The first-order chi connectivity index (χ1) is 10.6. The molecule has 2 aliphatic rings. The minimum Gasteiger partial charge on any atom is -0.497 e. The molecule has 1 aromatic rings. The van der Waals surface area contributed by atoms with Gasteiger partial charge < -0.3 is 9.64 Å². The van der Waals surface area contributed by atoms with Crippen LogP contribution in [0.25, 0.3) is 0 Å². The number of benzene rings is 1. The second-order valence-corrected chi connectivity index (χ2v) is 6.65. The molecule has 0 aromatic heterocycles. The van der Waals surface area contributed by atoms with Crippen LogP contribution in [-0.4, -0.2) is 48.5 Å². The molecule has 4 nitrogen and oxygen atoms in total. The minimum atomic E-state index is 0.131. The summed E-state index contributed by atoms with van der Waals surface area (Å²) in [4.78, 5) is 16.4. The molecule has 0 radical (unpaired) electrons. The number of amides is 1. The van der Waals surface area contributed by atoms with Crippen LogP contribution in [0, 0.1) is 0 Å². The number of hydrogen-bond donors (Lipinski definition) is 0. The molecule has 0 aliphatic carbocycles. The van der Waals surface area contributed by atoms with Gasteiger partial charge in [-0.05, 0) is 49.9 Å². The van der Waals surface area contributed by atoms with E-state index in [1.807, 2.05) is 24.1 Å². The van der Waals surface area contributed by atoms with Gasteiger partial charge in [-0.15, -0.1) is 0 Å². The van der Waals surface area contributed by atoms with Gasteiger partial charge in [0.15, 0.2) is 0 Å². The Kier molecular flexibility index (Phi) is 4.39. The molecular formula is C18H26N2O2. The lowest BCUT2D eigenvalue weighted by molar-refractivity contribution is -0.129. The maximum Gasteiger partial charge on any atom is 0.222 e. The number of likely N-dealkylation sites (tertiary alicyclic amines) is 2. The zero-order valence-corrected chi connectivity index (χ0v) is 13.7. The van der Waals surface area contributed by atoms with Crippen molar-refractivity contribution in [3.8, 4) is 5.75 Å². The molecule has 1 spiro atoms. The van der Waals surface area contributed by atoms with Crippen molar-refractivity contribution in [2.75, 3.05) is 27.2 Å². The maximum absolute atomic E-state index is 11.9. The second-order valence-electron chi connectivity index (χ2n) is 6.65. The highest BCUT2D eigenvalue weighted by atomic mass is 16.5. The first-order valence-corrected chi connectivity index (χ1v) is 8.25. The van der Waals surface area contributed by atoms with E-state index in [9.17, 15) is 4.79 Å². The lowest BCUT2D eigenvalue weighted by atomic mass is 9.88. The molecule has 1 aromatic carbocycles. The molecule has 0 N–H and O–H groups in total. The largest absolute Gasteiger partial charge is 0.497 e. The second kappa shape index (κ2) is 6.29. The smallest absolute Gasteiger partial charge is 0.222 e. The molecule has 2 aliphatic heterocycles. The number of methoxy groups -OCH3 is 1. The molecule has 0 saturated carbocycles. The topological polar surface area (TPSA) is 32.8 Å². The van der Waals surface area contributed by atoms with Gasteiger partial charge in [0.2, 0.25) is 5.91 Å². The van der Waals surface area contributed by atoms with Crippen LogP contribution in [0.15, 0.2) is 24.3 Å². The van der Waals surface area contributed by atoms with E-state index in [1.165, 1.54) is 12.0 Å². The zero-order valence-electron chi connectivity index (χ0n) is 13.7. The Hall–Kier alpha value is -1.55. The fraction of sp³-hybridized carbons (Fsp3) is 0.611. The van der Waals surface area contributed by atoms with Crippen molar-refractivity contribution in [2.24, 2.45) is 0 Å². The van der Waals surface area contributed by atoms with Crippen LogP contribution in [0.1, 0.15) is 37.7 Å². The predicted octanol–water partition coefficient (Wildman–Crippen LogP) is 2.67. The quantitative estimate of drug-likeness (QED) is 0.860. The summed E-state index contributed by atoms with van der Waals surface area (Å²) in [5.74, 6) is 1.23. The first kappa shape index (κ1) is 15.3. The minimum absolute atomic E-state index is 0.131. The highest BCUT2D eigenvalue weighted by molar-refractivity contribution is 5.79. The molecule has 2 heterocycles. The Bertz CT molecular complexity index is 528. The molecule has 22 heavy (non-hydrogen) atoms. The van der Waals surface area contributed by atoms with E-state index < -0.39 is 0 Å². The van der Waals surface area contributed by atoms with Gasteiger partial charge in [-0.1, -0.05) is 12.1 Å². The van der Waals surface area contributed by atoms with E-state index in [4.69, 9.17) is 4.74 Å². The number of carbonyl (C=O) groups is 1. The van der Waals surface area contributed by atoms with Crippen LogP contribution in [-0.2, 0) is 11.3 Å². The average Bonchev–Trinajstić information content (AvgIpc) is 2.72. The van der Waals surface area contributed by atoms with Crippen molar-refractivity contribution in [2.45, 2.75) is 44.2 Å². The van der Waals surface area contributed by atoms with Crippen molar-refractivity contribution in [3.05, 3.63) is 29.8 Å². The van der Waals surface area contributed by atoms with Gasteiger partial charge in [-0.25, -0.2) is 0 Å². The summed E-state index contributed by atoms with van der Waals surface area (Å²) in [6, 6.07) is 8.34. The van der Waals surface area contributed by atoms with Gasteiger partial charge in [0.25, 0.3) is 0 Å². The van der Waals surface area contributed by atoms with Gasteiger partial charge in [-0.3, -0.25) is 9.69 Å². The molecule has 1 amide bonds. The normalized spacial score (nSPS) is 26.5. The molecule has 0 bridgehead atoms. The molecule has 120 valence electrons. The highest BCUT2D eigenvalue weighted by Crippen LogP contribution is 2.38. The summed E-state index contributed by atoms with van der Waals surface area (Å²) in [5.41, 5.74) is 1.46. The van der Waals surface area contributed by atoms with E-state index >= 15 is 0 Å².